The highest BCUT2D eigenvalue weighted by molar-refractivity contribution is 6.18. The Hall–Kier alpha value is -6.61. The van der Waals surface area contributed by atoms with E-state index in [1.54, 1.807) is 0 Å². The predicted molar refractivity (Wildman–Crippen MR) is 302 cm³/mol. The quantitative estimate of drug-likeness (QED) is 0.0139. The lowest BCUT2D eigenvalue weighted by Crippen LogP contribution is -2.62. The van der Waals surface area contributed by atoms with Gasteiger partial charge in [-0.3, -0.25) is 47.9 Å². The standard InChI is InChI=1S/C52H90ClN13O18/c1-4-6-7-8-9-10-11-12-13-14-17-24-57-27-37(69)58-35-28-84-52(83)40(36(68)26-53)65-50(80)41(42(72)51(81)82)66-43(73)30(5-2)59-49(79)39(29(3)67)64-46(76)33(20-23-56)61-44(74)31(18-15-16-21-54)60-47(77)34(25-38(70)71)63-45(75)32(19-22-55)62-48(35)78/h5,29,31-36,39-42,57,67-68,72H,4,6-28,54-56H2,1-3H3,(H,58,69)(H,59,79)(H,60,77)(H,61,74)(H,62,78)(H,63,75)(H,64,76)(H,65,80)(H,66,73)(H,70,71)(H,81,82)/b30-5-/t29-,31-,32+,33-,34-,35-,36+,39-,40-,41-,42-/m0/s1. The van der Waals surface area contributed by atoms with Gasteiger partial charge in [-0.15, -0.1) is 11.6 Å². The molecular formula is C52H90ClN13O18. The highest BCUT2D eigenvalue weighted by atomic mass is 35.5. The molecule has 9 amide bonds. The van der Waals surface area contributed by atoms with Gasteiger partial charge in [0.2, 0.25) is 47.3 Å². The zero-order valence-electron chi connectivity index (χ0n) is 48.1. The van der Waals surface area contributed by atoms with Gasteiger partial charge >= 0.3 is 17.9 Å². The van der Waals surface area contributed by atoms with Gasteiger partial charge in [0, 0.05) is 0 Å². The summed E-state index contributed by atoms with van der Waals surface area (Å²) in [6.45, 7) is 2.78. The number of unbranched alkanes of at least 4 members (excludes halogenated alkanes) is 11. The number of rotatable bonds is 30. The van der Waals surface area contributed by atoms with E-state index in [9.17, 15) is 83.1 Å². The average molecular weight is 1220 g/mol. The highest BCUT2D eigenvalue weighted by Crippen LogP contribution is 2.13. The summed E-state index contributed by atoms with van der Waals surface area (Å²) in [6.07, 6.45) is 4.58. The number of halogens is 1. The summed E-state index contributed by atoms with van der Waals surface area (Å²) in [5.41, 5.74) is 16.5. The van der Waals surface area contributed by atoms with Crippen LogP contribution in [0.5, 0.6) is 0 Å². The minimum absolute atomic E-state index is 0.132. The molecular weight excluding hydrogens is 1130 g/mol. The van der Waals surface area contributed by atoms with E-state index in [1.165, 1.54) is 39.0 Å². The second kappa shape index (κ2) is 42.2. The molecule has 478 valence electrons. The monoisotopic (exact) mass is 1220 g/mol. The molecule has 32 heteroatoms. The van der Waals surface area contributed by atoms with Gasteiger partial charge in [0.25, 0.3) is 5.91 Å². The zero-order chi connectivity index (χ0) is 63.3. The molecule has 1 rings (SSSR count). The summed E-state index contributed by atoms with van der Waals surface area (Å²) >= 11 is 5.87. The summed E-state index contributed by atoms with van der Waals surface area (Å²) in [4.78, 5) is 162. The number of hydrogen-bond donors (Lipinski definition) is 18. The van der Waals surface area contributed by atoms with Crippen LogP contribution in [-0.2, 0) is 62.3 Å². The Morgan fingerprint density at radius 2 is 1.12 bits per heavy atom. The number of alkyl halides is 1. The van der Waals surface area contributed by atoms with Crippen molar-refractivity contribution < 1.29 is 87.8 Å². The Kier molecular flexibility index (Phi) is 37.9. The summed E-state index contributed by atoms with van der Waals surface area (Å²) in [5, 5.41) is 74.5. The van der Waals surface area contributed by atoms with Crippen LogP contribution in [0.1, 0.15) is 130 Å². The number of carbonyl (C=O) groups is 12. The number of amides is 9. The molecule has 31 nitrogen and oxygen atoms in total. The van der Waals surface area contributed by atoms with E-state index in [4.69, 9.17) is 33.5 Å². The number of aliphatic hydroxyl groups excluding tert-OH is 3. The molecule has 1 fully saturated rings. The average Bonchev–Trinajstić information content (AvgIpc) is 3.64. The lowest BCUT2D eigenvalue weighted by molar-refractivity contribution is -0.155. The largest absolute Gasteiger partial charge is 0.481 e. The molecule has 0 unspecified atom stereocenters. The number of aliphatic hydroxyl groups is 3. The van der Waals surface area contributed by atoms with Crippen LogP contribution in [0.4, 0.5) is 0 Å². The van der Waals surface area contributed by atoms with Crippen LogP contribution in [0.15, 0.2) is 11.8 Å². The van der Waals surface area contributed by atoms with Crippen LogP contribution < -0.4 is 70.4 Å². The number of carbonyl (C=O) groups excluding carboxylic acids is 10. The molecule has 0 aromatic rings. The fraction of sp³-hybridized carbons (Fsp3) is 0.731. The van der Waals surface area contributed by atoms with Crippen molar-refractivity contribution in [2.75, 3.05) is 45.2 Å². The third-order valence-corrected chi connectivity index (χ3v) is 13.5. The number of cyclic esters (lactones) is 1. The number of hydrogen-bond acceptors (Lipinski definition) is 20. The van der Waals surface area contributed by atoms with Gasteiger partial charge in [0.05, 0.1) is 31.1 Å². The van der Waals surface area contributed by atoms with Gasteiger partial charge in [-0.25, -0.2) is 9.59 Å². The Balaban J connectivity index is 3.90. The first-order valence-electron chi connectivity index (χ1n) is 28.3. The van der Waals surface area contributed by atoms with Gasteiger partial charge in [-0.1, -0.05) is 77.2 Å². The van der Waals surface area contributed by atoms with E-state index < -0.39 is 169 Å². The van der Waals surface area contributed by atoms with E-state index in [-0.39, 0.29) is 45.4 Å². The van der Waals surface area contributed by atoms with Gasteiger partial charge in [-0.05, 0) is 78.6 Å². The number of esters is 1. The second-order valence-corrected chi connectivity index (χ2v) is 20.4. The lowest BCUT2D eigenvalue weighted by atomic mass is 10.0. The van der Waals surface area contributed by atoms with Crippen molar-refractivity contribution in [2.45, 2.75) is 197 Å². The van der Waals surface area contributed by atoms with Crippen molar-refractivity contribution in [2.24, 2.45) is 17.2 Å². The number of carboxylic acid groups (broad SMARTS) is 2. The first-order chi connectivity index (χ1) is 39.9. The Morgan fingerprint density at radius 3 is 1.62 bits per heavy atom. The molecule has 11 atom stereocenters. The van der Waals surface area contributed by atoms with Crippen molar-refractivity contribution in [3.63, 3.8) is 0 Å². The normalized spacial score (nSPS) is 24.0. The molecule has 0 saturated carbocycles. The smallest absolute Gasteiger partial charge is 0.335 e. The molecule has 0 radical (unpaired) electrons. The Morgan fingerprint density at radius 1 is 0.619 bits per heavy atom. The van der Waals surface area contributed by atoms with Crippen molar-refractivity contribution in [1.29, 1.82) is 0 Å². The number of allylic oxidation sites excluding steroid dienone is 1. The molecule has 1 heterocycles. The molecule has 0 spiro atoms. The Bertz CT molecular complexity index is 2200. The number of nitrogens with two attached hydrogens (primary N) is 3. The third kappa shape index (κ3) is 28.8. The zero-order valence-corrected chi connectivity index (χ0v) is 48.8. The van der Waals surface area contributed by atoms with E-state index in [1.807, 2.05) is 10.6 Å². The first kappa shape index (κ1) is 75.4. The maximum Gasteiger partial charge on any atom is 0.335 e. The Labute approximate surface area is 493 Å². The van der Waals surface area contributed by atoms with Crippen LogP contribution in [0.3, 0.4) is 0 Å². The van der Waals surface area contributed by atoms with E-state index in [0.29, 0.717) is 19.4 Å². The molecule has 21 N–H and O–H groups in total. The molecule has 0 aromatic carbocycles. The fourth-order valence-electron chi connectivity index (χ4n) is 8.33. The number of carboxylic acids is 2. The number of aliphatic carboxylic acids is 2. The van der Waals surface area contributed by atoms with Crippen LogP contribution in [-0.4, -0.2) is 208 Å². The number of nitrogens with one attached hydrogen (secondary N) is 10. The SMILES string of the molecule is C/C=C1\NC(=O)[C@H]([C@H](C)O)NC(=O)[C@H](CCN)NC(=O)[C@H](CCCCN)NC(=O)[C@H](CC(=O)O)NC(=O)[C@@H](CCN)NC(=O)[C@@H](NC(=O)CNCCCCCCCCCCCCC)COC(=O)[C@H]([C@H](O)CCl)NC(=O)[C@H]([C@H](O)C(=O)O)NC1=O. The molecule has 1 saturated heterocycles. The van der Waals surface area contributed by atoms with E-state index >= 15 is 0 Å². The fourth-order valence-corrected chi connectivity index (χ4v) is 8.51. The van der Waals surface area contributed by atoms with Crippen molar-refractivity contribution in [3.8, 4) is 0 Å². The molecule has 0 bridgehead atoms. The van der Waals surface area contributed by atoms with Gasteiger partial charge in [0.15, 0.2) is 12.1 Å². The second-order valence-electron chi connectivity index (χ2n) is 20.1. The minimum atomic E-state index is -2.81. The molecule has 0 aromatic heterocycles. The summed E-state index contributed by atoms with van der Waals surface area (Å²) in [7, 11) is 0. The molecule has 1 aliphatic heterocycles. The van der Waals surface area contributed by atoms with Crippen LogP contribution in [0.25, 0.3) is 0 Å². The van der Waals surface area contributed by atoms with Crippen molar-refractivity contribution >= 4 is 82.7 Å². The van der Waals surface area contributed by atoms with Gasteiger partial charge in [-0.2, -0.15) is 0 Å². The van der Waals surface area contributed by atoms with Crippen LogP contribution >= 0.6 is 11.6 Å². The molecule has 0 aliphatic carbocycles. The van der Waals surface area contributed by atoms with E-state index in [0.717, 1.165) is 45.1 Å². The predicted octanol–water partition coefficient (Wildman–Crippen LogP) is -4.93. The van der Waals surface area contributed by atoms with Crippen molar-refractivity contribution in [3.05, 3.63) is 11.8 Å². The summed E-state index contributed by atoms with van der Waals surface area (Å²) in [6, 6.07) is -15.6. The lowest BCUT2D eigenvalue weighted by Gasteiger charge is -2.28. The third-order valence-electron chi connectivity index (χ3n) is 13.1. The van der Waals surface area contributed by atoms with Gasteiger partial charge in [0.1, 0.15) is 54.6 Å². The maximum atomic E-state index is 14.1. The minimum Gasteiger partial charge on any atom is -0.481 e. The number of ether oxygens (including phenoxy) is 1. The van der Waals surface area contributed by atoms with E-state index in [2.05, 4.69) is 49.5 Å². The topological polar surface area (TPSA) is 514 Å². The summed E-state index contributed by atoms with van der Waals surface area (Å²) < 4.78 is 5.30. The molecule has 1 aliphatic rings. The van der Waals surface area contributed by atoms with Crippen molar-refractivity contribution in [1.82, 2.24) is 53.2 Å². The summed E-state index contributed by atoms with van der Waals surface area (Å²) in [5.74, 6) is -17.4. The maximum absolute atomic E-state index is 14.1. The van der Waals surface area contributed by atoms with Crippen LogP contribution in [0.2, 0.25) is 0 Å². The highest BCUT2D eigenvalue weighted by Gasteiger charge is 2.41. The molecule has 84 heavy (non-hydrogen) atoms. The van der Waals surface area contributed by atoms with Gasteiger partial charge < -0.3 is 101 Å². The first-order valence-corrected chi connectivity index (χ1v) is 28.9. The van der Waals surface area contributed by atoms with Crippen LogP contribution in [0, 0.1) is 0 Å².